The van der Waals surface area contributed by atoms with E-state index in [1.54, 1.807) is 17.0 Å². The van der Waals surface area contributed by atoms with Crippen molar-refractivity contribution in [2.75, 3.05) is 23.0 Å². The van der Waals surface area contributed by atoms with Gasteiger partial charge in [0.2, 0.25) is 11.8 Å². The number of nitrogens with zero attached hydrogens (tertiary/aromatic N) is 2. The van der Waals surface area contributed by atoms with Crippen LogP contribution in [-0.4, -0.2) is 36.8 Å². The maximum absolute atomic E-state index is 12.6. The number of carbonyl (C=O) groups is 4. The van der Waals surface area contributed by atoms with E-state index < -0.39 is 5.97 Å². The Morgan fingerprint density at radius 1 is 0.931 bits per heavy atom. The van der Waals surface area contributed by atoms with Crippen LogP contribution in [0.4, 0.5) is 11.4 Å². The van der Waals surface area contributed by atoms with Crippen LogP contribution < -0.4 is 9.80 Å². The monoisotopic (exact) mass is 392 g/mol. The number of carbonyl (C=O) groups excluding carboxylic acids is 4. The molecule has 0 unspecified atom stereocenters. The number of benzene rings is 2. The van der Waals surface area contributed by atoms with E-state index in [9.17, 15) is 19.2 Å². The third kappa shape index (κ3) is 3.76. The number of rotatable bonds is 4. The third-order valence-corrected chi connectivity index (χ3v) is 5.13. The molecule has 0 spiro atoms. The van der Waals surface area contributed by atoms with Crippen LogP contribution in [0.3, 0.4) is 0 Å². The highest BCUT2D eigenvalue weighted by atomic mass is 16.5. The molecule has 1 fully saturated rings. The van der Waals surface area contributed by atoms with Gasteiger partial charge in [-0.3, -0.25) is 19.3 Å². The minimum Gasteiger partial charge on any atom is -0.452 e. The van der Waals surface area contributed by atoms with Crippen molar-refractivity contribution in [2.45, 2.75) is 25.7 Å². The molecule has 0 bridgehead atoms. The van der Waals surface area contributed by atoms with Gasteiger partial charge < -0.3 is 9.64 Å². The molecule has 2 heterocycles. The second kappa shape index (κ2) is 7.87. The van der Waals surface area contributed by atoms with Crippen molar-refractivity contribution < 1.29 is 23.9 Å². The molecule has 148 valence electrons. The number of aryl methyl sites for hydroxylation is 1. The van der Waals surface area contributed by atoms with Crippen LogP contribution in [-0.2, 0) is 25.5 Å². The molecule has 1 saturated heterocycles. The Hall–Kier alpha value is -3.48. The summed E-state index contributed by atoms with van der Waals surface area (Å²) in [6.07, 6.45) is 2.11. The molecule has 3 amide bonds. The van der Waals surface area contributed by atoms with E-state index in [0.717, 1.165) is 29.0 Å². The molecule has 0 aromatic heterocycles. The summed E-state index contributed by atoms with van der Waals surface area (Å²) in [5, 5.41) is 0. The van der Waals surface area contributed by atoms with E-state index in [2.05, 4.69) is 0 Å². The molecule has 0 radical (unpaired) electrons. The Balaban J connectivity index is 1.43. The molecule has 0 aliphatic carbocycles. The highest BCUT2D eigenvalue weighted by Gasteiger charge is 2.30. The molecule has 7 heteroatoms. The number of hydrogen-bond donors (Lipinski definition) is 0. The van der Waals surface area contributed by atoms with Crippen LogP contribution in [0.1, 0.15) is 35.2 Å². The molecule has 0 saturated carbocycles. The van der Waals surface area contributed by atoms with E-state index in [4.69, 9.17) is 4.74 Å². The Morgan fingerprint density at radius 3 is 2.48 bits per heavy atom. The second-order valence-corrected chi connectivity index (χ2v) is 7.03. The molecular weight excluding hydrogens is 372 g/mol. The molecule has 2 aromatic carbocycles. The molecule has 2 aliphatic rings. The Kier molecular flexibility index (Phi) is 5.12. The second-order valence-electron chi connectivity index (χ2n) is 7.03. The van der Waals surface area contributed by atoms with E-state index in [1.165, 1.54) is 12.1 Å². The van der Waals surface area contributed by atoms with Gasteiger partial charge in [0.25, 0.3) is 5.91 Å². The number of para-hydroxylation sites is 1. The standard InChI is InChI=1S/C22H20N2O5/c25-19-10-11-20(26)24(19)17-8-3-6-16(13-17)22(28)29-14-21(27)23-12-4-7-15-5-1-2-9-18(15)23/h1-3,5-6,8-9,13H,4,7,10-12,14H2. The fourth-order valence-electron chi connectivity index (χ4n) is 3.72. The topological polar surface area (TPSA) is 84.0 Å². The Morgan fingerprint density at radius 2 is 1.69 bits per heavy atom. The minimum absolute atomic E-state index is 0.166. The number of amides is 3. The smallest absolute Gasteiger partial charge is 0.338 e. The van der Waals surface area contributed by atoms with Gasteiger partial charge in [-0.1, -0.05) is 24.3 Å². The van der Waals surface area contributed by atoms with Crippen molar-refractivity contribution in [3.8, 4) is 0 Å². The molecule has 4 rings (SSSR count). The summed E-state index contributed by atoms with van der Waals surface area (Å²) in [5.74, 6) is -1.55. The normalized spacial score (nSPS) is 16.0. The number of esters is 1. The van der Waals surface area contributed by atoms with Crippen molar-refractivity contribution in [1.29, 1.82) is 0 Å². The van der Waals surface area contributed by atoms with E-state index in [-0.39, 0.29) is 42.7 Å². The summed E-state index contributed by atoms with van der Waals surface area (Å²) in [4.78, 5) is 51.5. The van der Waals surface area contributed by atoms with E-state index in [1.807, 2.05) is 24.3 Å². The summed E-state index contributed by atoms with van der Waals surface area (Å²) in [7, 11) is 0. The predicted molar refractivity (Wildman–Crippen MR) is 106 cm³/mol. The highest BCUT2D eigenvalue weighted by Crippen LogP contribution is 2.27. The zero-order chi connectivity index (χ0) is 20.4. The summed E-state index contributed by atoms with van der Waals surface area (Å²) in [5.41, 5.74) is 2.48. The van der Waals surface area contributed by atoms with Crippen molar-refractivity contribution in [3.05, 3.63) is 59.7 Å². The first-order valence-corrected chi connectivity index (χ1v) is 9.56. The number of imide groups is 1. The van der Waals surface area contributed by atoms with Gasteiger partial charge in [0.05, 0.1) is 11.3 Å². The first-order valence-electron chi connectivity index (χ1n) is 9.56. The molecule has 2 aliphatic heterocycles. The first-order chi connectivity index (χ1) is 14.0. The van der Waals surface area contributed by atoms with Gasteiger partial charge in [-0.15, -0.1) is 0 Å². The van der Waals surface area contributed by atoms with Gasteiger partial charge in [0, 0.05) is 25.1 Å². The van der Waals surface area contributed by atoms with Crippen LogP contribution in [0.15, 0.2) is 48.5 Å². The average molecular weight is 392 g/mol. The lowest BCUT2D eigenvalue weighted by Crippen LogP contribution is -2.38. The minimum atomic E-state index is -0.676. The SMILES string of the molecule is O=C(OCC(=O)N1CCCc2ccccc21)c1cccc(N2C(=O)CCC2=O)c1. The van der Waals surface area contributed by atoms with Gasteiger partial charge >= 0.3 is 5.97 Å². The lowest BCUT2D eigenvalue weighted by atomic mass is 10.0. The Labute approximate surface area is 167 Å². The van der Waals surface area contributed by atoms with Crippen molar-refractivity contribution >= 4 is 35.1 Å². The lowest BCUT2D eigenvalue weighted by Gasteiger charge is -2.29. The molecule has 0 N–H and O–H groups in total. The van der Waals surface area contributed by atoms with Crippen LogP contribution in [0.5, 0.6) is 0 Å². The molecule has 29 heavy (non-hydrogen) atoms. The number of hydrogen-bond acceptors (Lipinski definition) is 5. The van der Waals surface area contributed by atoms with Crippen LogP contribution in [0.2, 0.25) is 0 Å². The quantitative estimate of drug-likeness (QED) is 0.590. The van der Waals surface area contributed by atoms with Gasteiger partial charge in [-0.05, 0) is 42.7 Å². The van der Waals surface area contributed by atoms with Crippen molar-refractivity contribution in [1.82, 2.24) is 0 Å². The lowest BCUT2D eigenvalue weighted by molar-refractivity contribution is -0.122. The maximum atomic E-state index is 12.6. The highest BCUT2D eigenvalue weighted by molar-refractivity contribution is 6.20. The predicted octanol–water partition coefficient (Wildman–Crippen LogP) is 2.48. The summed E-state index contributed by atoms with van der Waals surface area (Å²) in [6, 6.07) is 13.8. The fraction of sp³-hybridized carbons (Fsp3) is 0.273. The van der Waals surface area contributed by atoms with Crippen LogP contribution in [0.25, 0.3) is 0 Å². The molecule has 2 aromatic rings. The molecular formula is C22H20N2O5. The number of ether oxygens (including phenoxy) is 1. The number of fused-ring (bicyclic) bond motifs is 1. The maximum Gasteiger partial charge on any atom is 0.338 e. The van der Waals surface area contributed by atoms with Crippen molar-refractivity contribution in [2.24, 2.45) is 0 Å². The molecule has 0 atom stereocenters. The van der Waals surface area contributed by atoms with Crippen molar-refractivity contribution in [3.63, 3.8) is 0 Å². The van der Waals surface area contributed by atoms with Gasteiger partial charge in [-0.25, -0.2) is 4.79 Å². The summed E-state index contributed by atoms with van der Waals surface area (Å²) >= 11 is 0. The van der Waals surface area contributed by atoms with Crippen LogP contribution >= 0.6 is 0 Å². The van der Waals surface area contributed by atoms with Gasteiger partial charge in [-0.2, -0.15) is 0 Å². The Bertz CT molecular complexity index is 984. The third-order valence-electron chi connectivity index (χ3n) is 5.13. The van der Waals surface area contributed by atoms with E-state index in [0.29, 0.717) is 12.2 Å². The van der Waals surface area contributed by atoms with Gasteiger partial charge in [0.15, 0.2) is 6.61 Å². The zero-order valence-electron chi connectivity index (χ0n) is 15.8. The zero-order valence-corrected chi connectivity index (χ0v) is 15.8. The fourth-order valence-corrected chi connectivity index (χ4v) is 3.72. The van der Waals surface area contributed by atoms with Crippen LogP contribution in [0, 0.1) is 0 Å². The largest absolute Gasteiger partial charge is 0.452 e. The molecule has 7 nitrogen and oxygen atoms in total. The summed E-state index contributed by atoms with van der Waals surface area (Å²) < 4.78 is 5.21. The van der Waals surface area contributed by atoms with Gasteiger partial charge in [0.1, 0.15) is 0 Å². The van der Waals surface area contributed by atoms with E-state index >= 15 is 0 Å². The summed E-state index contributed by atoms with van der Waals surface area (Å²) in [6.45, 7) is 0.209. The number of anilines is 2. The average Bonchev–Trinajstić information content (AvgIpc) is 3.09. The first kappa shape index (κ1) is 18.9.